The molecule has 1 aromatic carbocycles. The molecule has 0 atom stereocenters. The average Bonchev–Trinajstić information content (AvgIpc) is 2.21. The van der Waals surface area contributed by atoms with E-state index in [2.05, 4.69) is 10.6 Å². The van der Waals surface area contributed by atoms with Gasteiger partial charge in [0, 0.05) is 23.2 Å². The number of hydrogen-bond donors (Lipinski definition) is 2. The van der Waals surface area contributed by atoms with Crippen LogP contribution in [0.4, 0.5) is 4.39 Å². The summed E-state index contributed by atoms with van der Waals surface area (Å²) in [7, 11) is 0. The van der Waals surface area contributed by atoms with E-state index in [1.54, 1.807) is 12.1 Å². The summed E-state index contributed by atoms with van der Waals surface area (Å²) in [6.07, 6.45) is 0. The molecule has 0 spiro atoms. The minimum absolute atomic E-state index is 0.0985. The van der Waals surface area contributed by atoms with Gasteiger partial charge in [0.05, 0.1) is 6.54 Å². The fourth-order valence-electron chi connectivity index (χ4n) is 1.38. The molecule has 1 amide bonds. The van der Waals surface area contributed by atoms with Crippen LogP contribution in [-0.2, 0) is 11.3 Å². The summed E-state index contributed by atoms with van der Waals surface area (Å²) in [6, 6.07) is 4.61. The van der Waals surface area contributed by atoms with Gasteiger partial charge in [0.15, 0.2) is 0 Å². The minimum Gasteiger partial charge on any atom is -0.353 e. The molecule has 5 heteroatoms. The summed E-state index contributed by atoms with van der Waals surface area (Å²) in [6.45, 7) is 4.14. The van der Waals surface area contributed by atoms with E-state index in [9.17, 15) is 9.18 Å². The zero-order chi connectivity index (χ0) is 12.8. The lowest BCUT2D eigenvalue weighted by Crippen LogP contribution is -2.37. The molecule has 0 heterocycles. The predicted molar refractivity (Wildman–Crippen MR) is 66.4 cm³/mol. The molecule has 0 bridgehead atoms. The number of amides is 1. The molecule has 0 saturated carbocycles. The standard InChI is InChI=1S/C12H16ClFN2O/c1-8(2)16-12(17)7-15-6-9-10(13)4-3-5-11(9)14/h3-5,8,15H,6-7H2,1-2H3,(H,16,17). The first-order chi connectivity index (χ1) is 8.00. The Morgan fingerprint density at radius 2 is 2.18 bits per heavy atom. The van der Waals surface area contributed by atoms with Crippen LogP contribution in [0.1, 0.15) is 19.4 Å². The smallest absolute Gasteiger partial charge is 0.234 e. The van der Waals surface area contributed by atoms with Crippen LogP contribution in [0.3, 0.4) is 0 Å². The molecule has 0 aromatic heterocycles. The van der Waals surface area contributed by atoms with Crippen LogP contribution in [0.25, 0.3) is 0 Å². The van der Waals surface area contributed by atoms with E-state index in [-0.39, 0.29) is 30.9 Å². The van der Waals surface area contributed by atoms with Gasteiger partial charge in [0.2, 0.25) is 5.91 Å². The highest BCUT2D eigenvalue weighted by atomic mass is 35.5. The summed E-state index contributed by atoms with van der Waals surface area (Å²) in [5.41, 5.74) is 0.381. The Bertz CT molecular complexity index is 376. The number of halogens is 2. The fourth-order valence-corrected chi connectivity index (χ4v) is 1.61. The summed E-state index contributed by atoms with van der Waals surface area (Å²) in [4.78, 5) is 11.3. The lowest BCUT2D eigenvalue weighted by atomic mass is 10.2. The van der Waals surface area contributed by atoms with Gasteiger partial charge in [-0.2, -0.15) is 0 Å². The van der Waals surface area contributed by atoms with Gasteiger partial charge in [-0.05, 0) is 26.0 Å². The van der Waals surface area contributed by atoms with E-state index < -0.39 is 0 Å². The number of rotatable bonds is 5. The highest BCUT2D eigenvalue weighted by molar-refractivity contribution is 6.31. The van der Waals surface area contributed by atoms with Crippen LogP contribution >= 0.6 is 11.6 Å². The number of carbonyl (C=O) groups is 1. The van der Waals surface area contributed by atoms with E-state index in [1.165, 1.54) is 6.07 Å². The van der Waals surface area contributed by atoms with Gasteiger partial charge < -0.3 is 10.6 Å². The third-order valence-electron chi connectivity index (χ3n) is 2.10. The average molecular weight is 259 g/mol. The molecule has 0 unspecified atom stereocenters. The second kappa shape index (κ2) is 6.57. The number of carbonyl (C=O) groups excluding carboxylic acids is 1. The number of nitrogens with one attached hydrogen (secondary N) is 2. The van der Waals surface area contributed by atoms with Crippen LogP contribution in [0.15, 0.2) is 18.2 Å². The van der Waals surface area contributed by atoms with Crippen LogP contribution in [-0.4, -0.2) is 18.5 Å². The van der Waals surface area contributed by atoms with E-state index in [0.29, 0.717) is 10.6 Å². The van der Waals surface area contributed by atoms with Gasteiger partial charge >= 0.3 is 0 Å². The van der Waals surface area contributed by atoms with Crippen molar-refractivity contribution in [3.05, 3.63) is 34.6 Å². The van der Waals surface area contributed by atoms with Gasteiger partial charge in [0.25, 0.3) is 0 Å². The van der Waals surface area contributed by atoms with E-state index in [1.807, 2.05) is 13.8 Å². The normalized spacial score (nSPS) is 10.6. The maximum Gasteiger partial charge on any atom is 0.234 e. The maximum atomic E-state index is 13.4. The zero-order valence-corrected chi connectivity index (χ0v) is 10.6. The molecule has 0 saturated heterocycles. The second-order valence-corrected chi connectivity index (χ2v) is 4.43. The molecule has 0 radical (unpaired) electrons. The number of hydrogen-bond acceptors (Lipinski definition) is 2. The topological polar surface area (TPSA) is 41.1 Å². The van der Waals surface area contributed by atoms with Crippen LogP contribution in [0.2, 0.25) is 5.02 Å². The Morgan fingerprint density at radius 3 is 2.76 bits per heavy atom. The molecule has 3 nitrogen and oxygen atoms in total. The molecule has 17 heavy (non-hydrogen) atoms. The molecule has 2 N–H and O–H groups in total. The van der Waals surface area contributed by atoms with E-state index in [0.717, 1.165) is 0 Å². The summed E-state index contributed by atoms with van der Waals surface area (Å²) < 4.78 is 13.4. The van der Waals surface area contributed by atoms with Crippen molar-refractivity contribution in [2.24, 2.45) is 0 Å². The van der Waals surface area contributed by atoms with Crippen molar-refractivity contribution >= 4 is 17.5 Å². The van der Waals surface area contributed by atoms with Gasteiger partial charge in [-0.25, -0.2) is 4.39 Å². The van der Waals surface area contributed by atoms with Crippen LogP contribution in [0.5, 0.6) is 0 Å². The fraction of sp³-hybridized carbons (Fsp3) is 0.417. The van der Waals surface area contributed by atoms with Gasteiger partial charge in [-0.1, -0.05) is 17.7 Å². The monoisotopic (exact) mass is 258 g/mol. The molecule has 1 aromatic rings. The predicted octanol–water partition coefficient (Wildman–Crippen LogP) is 2.09. The molecule has 0 aliphatic rings. The van der Waals surface area contributed by atoms with Crippen LogP contribution in [0, 0.1) is 5.82 Å². The Labute approximate surface area is 105 Å². The zero-order valence-electron chi connectivity index (χ0n) is 9.89. The Hall–Kier alpha value is -1.13. The Morgan fingerprint density at radius 1 is 1.47 bits per heavy atom. The summed E-state index contributed by atoms with van der Waals surface area (Å²) >= 11 is 5.85. The van der Waals surface area contributed by atoms with Crippen molar-refractivity contribution in [3.63, 3.8) is 0 Å². The first-order valence-electron chi connectivity index (χ1n) is 5.43. The quantitative estimate of drug-likeness (QED) is 0.849. The van der Waals surface area contributed by atoms with Crippen molar-refractivity contribution in [1.82, 2.24) is 10.6 Å². The summed E-state index contributed by atoms with van der Waals surface area (Å²) in [5.74, 6) is -0.485. The van der Waals surface area contributed by atoms with E-state index >= 15 is 0 Å². The van der Waals surface area contributed by atoms with Crippen molar-refractivity contribution in [2.45, 2.75) is 26.4 Å². The Kier molecular flexibility index (Phi) is 5.38. The van der Waals surface area contributed by atoms with E-state index in [4.69, 9.17) is 11.6 Å². The molecule has 0 aliphatic heterocycles. The second-order valence-electron chi connectivity index (χ2n) is 4.03. The molecule has 94 valence electrons. The maximum absolute atomic E-state index is 13.4. The molecular formula is C12H16ClFN2O. The van der Waals surface area contributed by atoms with Crippen molar-refractivity contribution < 1.29 is 9.18 Å². The van der Waals surface area contributed by atoms with Gasteiger partial charge in [0.1, 0.15) is 5.82 Å². The highest BCUT2D eigenvalue weighted by Gasteiger charge is 2.07. The van der Waals surface area contributed by atoms with Crippen molar-refractivity contribution in [1.29, 1.82) is 0 Å². The molecule has 1 rings (SSSR count). The lowest BCUT2D eigenvalue weighted by molar-refractivity contribution is -0.120. The first kappa shape index (κ1) is 13.9. The SMILES string of the molecule is CC(C)NC(=O)CNCc1c(F)cccc1Cl. The van der Waals surface area contributed by atoms with Gasteiger partial charge in [-0.3, -0.25) is 4.79 Å². The first-order valence-corrected chi connectivity index (χ1v) is 5.81. The molecular weight excluding hydrogens is 243 g/mol. The minimum atomic E-state index is -0.366. The summed E-state index contributed by atoms with van der Waals surface area (Å²) in [5, 5.41) is 5.94. The largest absolute Gasteiger partial charge is 0.353 e. The Balaban J connectivity index is 2.43. The molecule has 0 aliphatic carbocycles. The molecule has 0 fully saturated rings. The van der Waals surface area contributed by atoms with Crippen molar-refractivity contribution in [2.75, 3.05) is 6.54 Å². The lowest BCUT2D eigenvalue weighted by Gasteiger charge is -2.10. The third-order valence-corrected chi connectivity index (χ3v) is 2.45. The third kappa shape index (κ3) is 4.71. The van der Waals surface area contributed by atoms with Crippen LogP contribution < -0.4 is 10.6 Å². The van der Waals surface area contributed by atoms with Crippen molar-refractivity contribution in [3.8, 4) is 0 Å². The van der Waals surface area contributed by atoms with Gasteiger partial charge in [-0.15, -0.1) is 0 Å². The number of benzene rings is 1. The highest BCUT2D eigenvalue weighted by Crippen LogP contribution is 2.18.